The predicted octanol–water partition coefficient (Wildman–Crippen LogP) is 1.18. The van der Waals surface area contributed by atoms with Crippen LogP contribution in [0.1, 0.15) is 15.9 Å². The molecule has 0 aliphatic carbocycles. The fourth-order valence-corrected chi connectivity index (χ4v) is 1.82. The normalized spacial score (nSPS) is 10.4. The highest BCUT2D eigenvalue weighted by molar-refractivity contribution is 5.96. The molecular weight excluding hydrogens is 328 g/mol. The highest BCUT2D eigenvalue weighted by Gasteiger charge is 2.09. The van der Waals surface area contributed by atoms with Crippen molar-refractivity contribution in [2.75, 3.05) is 6.54 Å². The quantitative estimate of drug-likeness (QED) is 0.412. The number of carbonyl (C=O) groups is 2. The number of nitro groups is 1. The Morgan fingerprint density at radius 2 is 1.92 bits per heavy atom. The van der Waals surface area contributed by atoms with Gasteiger partial charge in [-0.25, -0.2) is 5.43 Å². The van der Waals surface area contributed by atoms with Crippen molar-refractivity contribution in [2.45, 2.75) is 0 Å². The number of hydrazone groups is 1. The molecule has 2 amide bonds. The van der Waals surface area contributed by atoms with Gasteiger partial charge in [0.2, 0.25) is 0 Å². The van der Waals surface area contributed by atoms with Gasteiger partial charge in [-0.05, 0) is 18.2 Å². The largest absolute Gasteiger partial charge is 0.507 e. The maximum atomic E-state index is 11.8. The molecule has 9 heteroatoms. The molecule has 0 aliphatic heterocycles. The van der Waals surface area contributed by atoms with E-state index in [0.29, 0.717) is 5.56 Å². The Labute approximate surface area is 142 Å². The number of phenols is 1. The summed E-state index contributed by atoms with van der Waals surface area (Å²) in [6.45, 7) is -0.300. The molecule has 0 fully saturated rings. The Morgan fingerprint density at radius 1 is 1.20 bits per heavy atom. The van der Waals surface area contributed by atoms with E-state index in [1.165, 1.54) is 0 Å². The Morgan fingerprint density at radius 3 is 2.60 bits per heavy atom. The molecule has 25 heavy (non-hydrogen) atoms. The van der Waals surface area contributed by atoms with E-state index in [4.69, 9.17) is 0 Å². The molecule has 0 radical (unpaired) electrons. The van der Waals surface area contributed by atoms with Crippen molar-refractivity contribution >= 4 is 23.7 Å². The van der Waals surface area contributed by atoms with Crippen LogP contribution >= 0.6 is 0 Å². The van der Waals surface area contributed by atoms with Crippen LogP contribution in [0.25, 0.3) is 0 Å². The molecule has 0 bridgehead atoms. The minimum Gasteiger partial charge on any atom is -0.507 e. The maximum Gasteiger partial charge on any atom is 0.270 e. The number of amides is 2. The third-order valence-corrected chi connectivity index (χ3v) is 3.06. The number of benzene rings is 2. The van der Waals surface area contributed by atoms with Gasteiger partial charge in [-0.2, -0.15) is 5.10 Å². The van der Waals surface area contributed by atoms with E-state index in [0.717, 1.165) is 24.4 Å². The molecule has 2 rings (SSSR count). The number of hydrogen-bond acceptors (Lipinski definition) is 6. The van der Waals surface area contributed by atoms with E-state index in [-0.39, 0.29) is 23.5 Å². The van der Waals surface area contributed by atoms with Gasteiger partial charge in [0.15, 0.2) is 0 Å². The molecule has 0 atom stereocenters. The highest BCUT2D eigenvalue weighted by atomic mass is 16.6. The molecule has 0 saturated heterocycles. The van der Waals surface area contributed by atoms with Gasteiger partial charge in [-0.1, -0.05) is 18.2 Å². The zero-order valence-corrected chi connectivity index (χ0v) is 12.9. The van der Waals surface area contributed by atoms with E-state index < -0.39 is 16.7 Å². The van der Waals surface area contributed by atoms with Crippen molar-refractivity contribution in [3.8, 4) is 5.75 Å². The maximum absolute atomic E-state index is 11.8. The van der Waals surface area contributed by atoms with Crippen molar-refractivity contribution in [2.24, 2.45) is 5.10 Å². The lowest BCUT2D eigenvalue weighted by molar-refractivity contribution is -0.384. The molecule has 2 aromatic rings. The number of carbonyl (C=O) groups excluding carboxylic acids is 2. The molecule has 0 unspecified atom stereocenters. The number of non-ortho nitro benzene ring substituents is 1. The number of phenolic OH excluding ortho intramolecular Hbond substituents is 1. The molecule has 3 N–H and O–H groups in total. The Bertz CT molecular complexity index is 821. The van der Waals surface area contributed by atoms with Gasteiger partial charge < -0.3 is 10.4 Å². The molecule has 0 aromatic heterocycles. The molecule has 2 aromatic carbocycles. The summed E-state index contributed by atoms with van der Waals surface area (Å²) in [5.74, 6) is -1.22. The molecule has 0 spiro atoms. The standard InChI is InChI=1S/C16H14N4O5/c21-14-7-6-13(20(24)25)8-12(14)9-18-19-15(22)10-17-16(23)11-4-2-1-3-5-11/h1-9,21H,10H2,(H,17,23)(H,19,22)/b18-9-. The predicted molar refractivity (Wildman–Crippen MR) is 89.3 cm³/mol. The summed E-state index contributed by atoms with van der Waals surface area (Å²) in [6.07, 6.45) is 1.07. The van der Waals surface area contributed by atoms with Crippen LogP contribution < -0.4 is 10.7 Å². The fourth-order valence-electron chi connectivity index (χ4n) is 1.82. The molecule has 0 saturated carbocycles. The van der Waals surface area contributed by atoms with Gasteiger partial charge in [-0.3, -0.25) is 19.7 Å². The van der Waals surface area contributed by atoms with Crippen molar-refractivity contribution in [1.29, 1.82) is 0 Å². The third-order valence-electron chi connectivity index (χ3n) is 3.06. The van der Waals surface area contributed by atoms with Crippen molar-refractivity contribution in [1.82, 2.24) is 10.7 Å². The first-order chi connectivity index (χ1) is 12.0. The molecule has 0 aliphatic rings. The molecular formula is C16H14N4O5. The summed E-state index contributed by atoms with van der Waals surface area (Å²) in [4.78, 5) is 33.4. The fraction of sp³-hybridized carbons (Fsp3) is 0.0625. The van der Waals surface area contributed by atoms with Crippen molar-refractivity contribution < 1.29 is 19.6 Å². The number of rotatable bonds is 6. The lowest BCUT2D eigenvalue weighted by Crippen LogP contribution is -2.34. The van der Waals surface area contributed by atoms with E-state index in [1.54, 1.807) is 30.3 Å². The van der Waals surface area contributed by atoms with Crippen LogP contribution in [-0.2, 0) is 4.79 Å². The first kappa shape index (κ1) is 17.6. The highest BCUT2D eigenvalue weighted by Crippen LogP contribution is 2.21. The second-order valence-corrected chi connectivity index (χ2v) is 4.84. The minimum absolute atomic E-state index is 0.0721. The smallest absolute Gasteiger partial charge is 0.270 e. The Balaban J connectivity index is 1.87. The second kappa shape index (κ2) is 8.20. The molecule has 0 heterocycles. The van der Waals surface area contributed by atoms with Crippen LogP contribution in [0.5, 0.6) is 5.75 Å². The SMILES string of the molecule is O=C(CNC(=O)c1ccccc1)N/N=C\c1cc([N+](=O)[O-])ccc1O. The van der Waals surface area contributed by atoms with E-state index in [9.17, 15) is 24.8 Å². The van der Waals surface area contributed by atoms with Gasteiger partial charge in [0, 0.05) is 23.3 Å². The van der Waals surface area contributed by atoms with Gasteiger partial charge in [0.05, 0.1) is 17.7 Å². The summed E-state index contributed by atoms with van der Waals surface area (Å²) in [6, 6.07) is 11.8. The van der Waals surface area contributed by atoms with E-state index in [2.05, 4.69) is 15.8 Å². The Hall–Kier alpha value is -3.75. The lowest BCUT2D eigenvalue weighted by atomic mass is 10.2. The van der Waals surface area contributed by atoms with Crippen LogP contribution in [0.3, 0.4) is 0 Å². The number of hydrogen-bond donors (Lipinski definition) is 3. The van der Waals surface area contributed by atoms with Crippen LogP contribution in [0, 0.1) is 10.1 Å². The zero-order chi connectivity index (χ0) is 18.2. The second-order valence-electron chi connectivity index (χ2n) is 4.84. The summed E-state index contributed by atoms with van der Waals surface area (Å²) in [5.41, 5.74) is 2.42. The number of nitrogens with zero attached hydrogens (tertiary/aromatic N) is 2. The van der Waals surface area contributed by atoms with Crippen molar-refractivity contribution in [3.63, 3.8) is 0 Å². The molecule has 9 nitrogen and oxygen atoms in total. The van der Waals surface area contributed by atoms with Crippen molar-refractivity contribution in [3.05, 3.63) is 69.8 Å². The summed E-state index contributed by atoms with van der Waals surface area (Å²) >= 11 is 0. The van der Waals surface area contributed by atoms with Gasteiger partial charge in [0.1, 0.15) is 5.75 Å². The van der Waals surface area contributed by atoms with Gasteiger partial charge in [-0.15, -0.1) is 0 Å². The summed E-state index contributed by atoms with van der Waals surface area (Å²) in [7, 11) is 0. The summed E-state index contributed by atoms with van der Waals surface area (Å²) in [5, 5.41) is 26.3. The minimum atomic E-state index is -0.617. The number of nitro benzene ring substituents is 1. The topological polar surface area (TPSA) is 134 Å². The lowest BCUT2D eigenvalue weighted by Gasteiger charge is -2.04. The van der Waals surface area contributed by atoms with Crippen LogP contribution in [-0.4, -0.2) is 34.6 Å². The van der Waals surface area contributed by atoms with E-state index >= 15 is 0 Å². The number of aromatic hydroxyl groups is 1. The van der Waals surface area contributed by atoms with Crippen LogP contribution in [0.2, 0.25) is 0 Å². The van der Waals surface area contributed by atoms with Crippen LogP contribution in [0.15, 0.2) is 53.6 Å². The van der Waals surface area contributed by atoms with E-state index in [1.807, 2.05) is 0 Å². The first-order valence-electron chi connectivity index (χ1n) is 7.10. The monoisotopic (exact) mass is 342 g/mol. The average molecular weight is 342 g/mol. The third kappa shape index (κ3) is 5.13. The summed E-state index contributed by atoms with van der Waals surface area (Å²) < 4.78 is 0. The van der Waals surface area contributed by atoms with Gasteiger partial charge in [0.25, 0.3) is 17.5 Å². The molecule has 128 valence electrons. The van der Waals surface area contributed by atoms with Crippen LogP contribution in [0.4, 0.5) is 5.69 Å². The average Bonchev–Trinajstić information content (AvgIpc) is 2.61. The zero-order valence-electron chi connectivity index (χ0n) is 12.9. The first-order valence-corrected chi connectivity index (χ1v) is 7.10. The Kier molecular flexibility index (Phi) is 5.77. The number of nitrogens with one attached hydrogen (secondary N) is 2. The van der Waals surface area contributed by atoms with Gasteiger partial charge >= 0.3 is 0 Å².